The van der Waals surface area contributed by atoms with E-state index in [1.165, 1.54) is 19.1 Å². The van der Waals surface area contributed by atoms with Crippen molar-refractivity contribution in [1.82, 2.24) is 0 Å². The maximum Gasteiger partial charge on any atom is 0.339 e. The van der Waals surface area contributed by atoms with E-state index in [9.17, 15) is 39.9 Å². The van der Waals surface area contributed by atoms with Gasteiger partial charge in [0, 0.05) is 13.3 Å². The van der Waals surface area contributed by atoms with Crippen molar-refractivity contribution in [3.05, 3.63) is 47.7 Å². The number of esters is 3. The van der Waals surface area contributed by atoms with Crippen molar-refractivity contribution in [1.29, 1.82) is 0 Å². The number of rotatable bonds is 7. The maximum atomic E-state index is 13.0. The highest BCUT2D eigenvalue weighted by molar-refractivity contribution is 5.92. The van der Waals surface area contributed by atoms with Gasteiger partial charge in [-0.2, -0.15) is 0 Å². The van der Waals surface area contributed by atoms with Crippen molar-refractivity contribution in [3.8, 4) is 0 Å². The predicted molar refractivity (Wildman–Crippen MR) is 129 cm³/mol. The Morgan fingerprint density at radius 2 is 1.70 bits per heavy atom. The Balaban J connectivity index is 1.75. The molecule has 2 fully saturated rings. The molecule has 5 N–H and O–H groups in total. The Labute approximate surface area is 228 Å². The minimum atomic E-state index is -2.42. The van der Waals surface area contributed by atoms with Crippen LogP contribution in [-0.2, 0) is 38.0 Å². The highest BCUT2D eigenvalue weighted by Gasteiger charge is 2.71. The molecule has 10 atom stereocenters. The molecule has 14 heteroatoms. The van der Waals surface area contributed by atoms with Crippen LogP contribution in [0.4, 0.5) is 0 Å². The molecule has 14 nitrogen and oxygen atoms in total. The molecule has 1 aromatic carbocycles. The molecule has 1 aliphatic carbocycles. The summed E-state index contributed by atoms with van der Waals surface area (Å²) in [6.07, 6.45) is -11.0. The third-order valence-electron chi connectivity index (χ3n) is 7.39. The van der Waals surface area contributed by atoms with Gasteiger partial charge in [-0.25, -0.2) is 9.59 Å². The summed E-state index contributed by atoms with van der Waals surface area (Å²) in [5.41, 5.74) is -4.43. The van der Waals surface area contributed by atoms with E-state index in [1.54, 1.807) is 18.2 Å². The summed E-state index contributed by atoms with van der Waals surface area (Å²) in [5.74, 6) is -4.15. The summed E-state index contributed by atoms with van der Waals surface area (Å²) in [7, 11) is 1.06. The molecule has 1 saturated carbocycles. The second-order valence-corrected chi connectivity index (χ2v) is 10.0. The minimum absolute atomic E-state index is 0.147. The SMILES string of the molecule is COC(=O)C1=COC(OC2OC(CO)C(O)C(O)C2O)C2[C@]1(O)C(OC(=O)c1ccccc1)C[C@]2(C)OC(C)=O. The summed E-state index contributed by atoms with van der Waals surface area (Å²) in [6, 6.07) is 7.85. The van der Waals surface area contributed by atoms with E-state index < -0.39 is 90.3 Å². The number of aliphatic hydroxyl groups is 5. The van der Waals surface area contributed by atoms with E-state index in [0.717, 1.165) is 20.3 Å². The van der Waals surface area contributed by atoms with Gasteiger partial charge in [-0.05, 0) is 19.1 Å². The zero-order valence-electron chi connectivity index (χ0n) is 21.9. The van der Waals surface area contributed by atoms with E-state index in [4.69, 9.17) is 28.4 Å². The van der Waals surface area contributed by atoms with Gasteiger partial charge in [-0.3, -0.25) is 4.79 Å². The first-order valence-electron chi connectivity index (χ1n) is 12.5. The molecule has 1 saturated heterocycles. The van der Waals surface area contributed by atoms with Crippen LogP contribution in [0.25, 0.3) is 0 Å². The Kier molecular flexibility index (Phi) is 8.52. The van der Waals surface area contributed by atoms with E-state index in [-0.39, 0.29) is 12.0 Å². The predicted octanol–water partition coefficient (Wildman–Crippen LogP) is -1.49. The average molecular weight is 569 g/mol. The van der Waals surface area contributed by atoms with Gasteiger partial charge < -0.3 is 54.0 Å². The van der Waals surface area contributed by atoms with Gasteiger partial charge in [0.15, 0.2) is 6.29 Å². The van der Waals surface area contributed by atoms with Crippen LogP contribution >= 0.6 is 0 Å². The molecule has 3 aliphatic rings. The van der Waals surface area contributed by atoms with E-state index >= 15 is 0 Å². The Morgan fingerprint density at radius 3 is 2.30 bits per heavy atom. The Hall–Kier alpha value is -3.11. The van der Waals surface area contributed by atoms with Gasteiger partial charge in [0.2, 0.25) is 6.29 Å². The van der Waals surface area contributed by atoms with Crippen LogP contribution in [-0.4, -0.2) is 111 Å². The molecule has 0 amide bonds. The number of aliphatic hydroxyl groups excluding tert-OH is 4. The van der Waals surface area contributed by atoms with Gasteiger partial charge in [-0.1, -0.05) is 18.2 Å². The number of fused-ring (bicyclic) bond motifs is 1. The van der Waals surface area contributed by atoms with Gasteiger partial charge in [0.25, 0.3) is 0 Å². The Morgan fingerprint density at radius 1 is 1.02 bits per heavy atom. The first-order chi connectivity index (χ1) is 18.9. The number of carbonyl (C=O) groups excluding carboxylic acids is 3. The molecule has 40 heavy (non-hydrogen) atoms. The van der Waals surface area contributed by atoms with Crippen molar-refractivity contribution < 1.29 is 68.3 Å². The first kappa shape index (κ1) is 29.9. The fourth-order valence-electron chi connectivity index (χ4n) is 5.54. The van der Waals surface area contributed by atoms with Crippen LogP contribution in [0.15, 0.2) is 42.2 Å². The summed E-state index contributed by atoms with van der Waals surface area (Å²) >= 11 is 0. The highest BCUT2D eigenvalue weighted by atomic mass is 16.8. The van der Waals surface area contributed by atoms with E-state index in [0.29, 0.717) is 0 Å². The van der Waals surface area contributed by atoms with Crippen molar-refractivity contribution in [2.24, 2.45) is 5.92 Å². The van der Waals surface area contributed by atoms with Gasteiger partial charge >= 0.3 is 17.9 Å². The lowest BCUT2D eigenvalue weighted by Crippen LogP contribution is -2.63. The molecule has 0 bridgehead atoms. The largest absolute Gasteiger partial charge is 0.471 e. The van der Waals surface area contributed by atoms with E-state index in [1.807, 2.05) is 0 Å². The molecule has 8 unspecified atom stereocenters. The fourth-order valence-corrected chi connectivity index (χ4v) is 5.54. The van der Waals surface area contributed by atoms with Crippen molar-refractivity contribution in [2.45, 2.75) is 74.6 Å². The standard InChI is InChI=1S/C26H32O14/c1-12(28)40-25(2)9-16(38-21(32)13-7-5-4-6-8-13)26(34)14(22(33)35-3)11-36-24(20(25)26)39-23-19(31)18(30)17(29)15(10-27)37-23/h4-8,11,15-20,23-24,27,29-31,34H,9-10H2,1-3H3/t15?,16?,17?,18?,19?,20?,23?,24?,25-,26+/m0/s1. The highest BCUT2D eigenvalue weighted by Crippen LogP contribution is 2.55. The molecule has 1 aromatic rings. The summed E-state index contributed by atoms with van der Waals surface area (Å²) in [4.78, 5) is 38.0. The number of ether oxygens (including phenoxy) is 6. The van der Waals surface area contributed by atoms with Gasteiger partial charge in [0.1, 0.15) is 53.6 Å². The average Bonchev–Trinajstić information content (AvgIpc) is 3.14. The quantitative estimate of drug-likeness (QED) is 0.188. The lowest BCUT2D eigenvalue weighted by Gasteiger charge is -2.47. The van der Waals surface area contributed by atoms with Crippen LogP contribution in [0.1, 0.15) is 30.6 Å². The molecule has 2 aliphatic heterocycles. The van der Waals surface area contributed by atoms with Crippen LogP contribution in [0, 0.1) is 5.92 Å². The van der Waals surface area contributed by atoms with Crippen LogP contribution in [0.2, 0.25) is 0 Å². The molecule has 0 spiro atoms. The molecule has 2 heterocycles. The van der Waals surface area contributed by atoms with Crippen molar-refractivity contribution in [2.75, 3.05) is 13.7 Å². The molecular weight excluding hydrogens is 536 g/mol. The smallest absolute Gasteiger partial charge is 0.339 e. The number of hydrogen-bond acceptors (Lipinski definition) is 14. The molecule has 220 valence electrons. The lowest BCUT2D eigenvalue weighted by molar-refractivity contribution is -0.352. The maximum absolute atomic E-state index is 13.0. The second kappa shape index (κ2) is 11.4. The number of benzene rings is 1. The molecule has 4 rings (SSSR count). The number of carbonyl (C=O) groups is 3. The van der Waals surface area contributed by atoms with Gasteiger partial charge in [-0.15, -0.1) is 0 Å². The van der Waals surface area contributed by atoms with Crippen LogP contribution in [0.5, 0.6) is 0 Å². The second-order valence-electron chi connectivity index (χ2n) is 10.0. The molecule has 0 aromatic heterocycles. The molecule has 0 radical (unpaired) electrons. The first-order valence-corrected chi connectivity index (χ1v) is 12.5. The zero-order valence-corrected chi connectivity index (χ0v) is 21.9. The van der Waals surface area contributed by atoms with Crippen molar-refractivity contribution >= 4 is 17.9 Å². The monoisotopic (exact) mass is 568 g/mol. The van der Waals surface area contributed by atoms with Gasteiger partial charge in [0.05, 0.1) is 25.2 Å². The summed E-state index contributed by atoms with van der Waals surface area (Å²) < 4.78 is 32.9. The van der Waals surface area contributed by atoms with Crippen LogP contribution in [0.3, 0.4) is 0 Å². The molecular formula is C26H32O14. The number of methoxy groups -OCH3 is 1. The topological polar surface area (TPSA) is 208 Å². The Bertz CT molecular complexity index is 1140. The third kappa shape index (κ3) is 5.19. The fraction of sp³-hybridized carbons (Fsp3) is 0.577. The number of hydrogen-bond donors (Lipinski definition) is 5. The van der Waals surface area contributed by atoms with Crippen LogP contribution < -0.4 is 0 Å². The summed E-state index contributed by atoms with van der Waals surface area (Å²) in [5, 5.41) is 52.5. The lowest BCUT2D eigenvalue weighted by atomic mass is 9.76. The third-order valence-corrected chi connectivity index (χ3v) is 7.39. The van der Waals surface area contributed by atoms with Crippen molar-refractivity contribution in [3.63, 3.8) is 0 Å². The minimum Gasteiger partial charge on any atom is -0.471 e. The zero-order chi connectivity index (χ0) is 29.4. The normalized spacial score (nSPS) is 38.9. The van der Waals surface area contributed by atoms with E-state index in [2.05, 4.69) is 0 Å². The summed E-state index contributed by atoms with van der Waals surface area (Å²) in [6.45, 7) is 1.79.